The fourth-order valence-corrected chi connectivity index (χ4v) is 9.53. The van der Waals surface area contributed by atoms with Crippen LogP contribution in [0.15, 0.2) is 71.8 Å². The number of ketones is 1. The number of rotatable bonds is 8. The molecule has 4 aliphatic rings. The number of Topliss-reactive ketones (excluding diaryl/α,β-unsaturated/α-hetero) is 1. The molecule has 2 aromatic rings. The molecule has 2 bridgehead atoms. The number of ether oxygens (including phenoxy) is 4. The molecule has 54 heavy (non-hydrogen) atoms. The summed E-state index contributed by atoms with van der Waals surface area (Å²) in [5, 5.41) is 40.2. The molecule has 1 aliphatic heterocycles. The van der Waals surface area contributed by atoms with Gasteiger partial charge in [-0.25, -0.2) is 4.79 Å². The van der Waals surface area contributed by atoms with Crippen molar-refractivity contribution >= 4 is 29.6 Å². The number of aliphatic hydroxyl groups is 3. The van der Waals surface area contributed by atoms with Crippen LogP contribution < -0.4 is 5.32 Å². The molecule has 3 aliphatic carbocycles. The van der Waals surface area contributed by atoms with Gasteiger partial charge in [0.2, 0.25) is 5.91 Å². The third kappa shape index (κ3) is 6.05. The second-order valence-corrected chi connectivity index (χ2v) is 16.0. The molecule has 1 amide bonds. The van der Waals surface area contributed by atoms with E-state index in [9.17, 15) is 39.3 Å². The van der Waals surface area contributed by atoms with E-state index in [0.717, 1.165) is 0 Å². The van der Waals surface area contributed by atoms with Gasteiger partial charge in [0.25, 0.3) is 0 Å². The summed E-state index contributed by atoms with van der Waals surface area (Å²) in [5.41, 5.74) is -6.31. The van der Waals surface area contributed by atoms with Gasteiger partial charge in [0.15, 0.2) is 11.4 Å². The van der Waals surface area contributed by atoms with Gasteiger partial charge in [-0.1, -0.05) is 62.4 Å². The molecule has 13 heteroatoms. The number of fused-ring (bicyclic) bond motifs is 5. The van der Waals surface area contributed by atoms with Gasteiger partial charge < -0.3 is 39.6 Å². The molecule has 1 heterocycles. The Hall–Kier alpha value is -4.43. The summed E-state index contributed by atoms with van der Waals surface area (Å²) in [6, 6.07) is 16.1. The Morgan fingerprint density at radius 2 is 1.56 bits per heavy atom. The molecule has 0 spiro atoms. The first-order valence-electron chi connectivity index (χ1n) is 18.2. The molecule has 11 atom stereocenters. The molecule has 6 rings (SSSR count). The smallest absolute Gasteiger partial charge is 0.338 e. The van der Waals surface area contributed by atoms with Crippen LogP contribution >= 0.6 is 0 Å². The summed E-state index contributed by atoms with van der Waals surface area (Å²) in [7, 11) is 0. The highest BCUT2D eigenvalue weighted by Gasteiger charge is 2.78. The number of esters is 3. The monoisotopic (exact) mass is 747 g/mol. The standard InChI is InChI=1S/C41H49NO12/c1-21-27(52-36(48)22(2)31(42-23(3)43)25-14-10-8-11-15-25)19-41(50)35(53-37(49)26-16-12-9-13-17-26)33-39(7,34(47)32(46)30(21)38(41,5)6)28(45)18-29-40(33,20-51-29)54-24(4)44/h8-17,22,27-29,31-33,35,45-46,50H,18-20H2,1-7H3,(H,42,43)/t22-,27+,28+,29-,31-,32-,33?,35?,39-,40+,41-/m1/s1. The first-order valence-corrected chi connectivity index (χ1v) is 18.2. The number of carbonyl (C=O) groups excluding carboxylic acids is 5. The van der Waals surface area contributed by atoms with Crippen LogP contribution in [0.5, 0.6) is 0 Å². The fourth-order valence-electron chi connectivity index (χ4n) is 9.53. The molecule has 4 N–H and O–H groups in total. The van der Waals surface area contributed by atoms with E-state index in [1.165, 1.54) is 32.9 Å². The van der Waals surface area contributed by atoms with Crippen LogP contribution in [0.4, 0.5) is 0 Å². The summed E-state index contributed by atoms with van der Waals surface area (Å²) in [5.74, 6) is -5.97. The summed E-state index contributed by atoms with van der Waals surface area (Å²) >= 11 is 0. The highest BCUT2D eigenvalue weighted by atomic mass is 16.6. The highest BCUT2D eigenvalue weighted by Crippen LogP contribution is 2.64. The quantitative estimate of drug-likeness (QED) is 0.175. The van der Waals surface area contributed by atoms with Gasteiger partial charge in [0.1, 0.15) is 30.0 Å². The van der Waals surface area contributed by atoms with Crippen LogP contribution in [-0.2, 0) is 38.1 Å². The third-order valence-corrected chi connectivity index (χ3v) is 12.6. The van der Waals surface area contributed by atoms with Gasteiger partial charge in [0, 0.05) is 32.1 Å². The predicted molar refractivity (Wildman–Crippen MR) is 191 cm³/mol. The van der Waals surface area contributed by atoms with Crippen molar-refractivity contribution < 1.29 is 58.2 Å². The number of benzene rings is 2. The molecular formula is C41H49NO12. The molecule has 3 fully saturated rings. The van der Waals surface area contributed by atoms with Crippen LogP contribution in [0.25, 0.3) is 0 Å². The average Bonchev–Trinajstić information content (AvgIpc) is 3.12. The number of aliphatic hydroxyl groups excluding tert-OH is 2. The number of hydrogen-bond donors (Lipinski definition) is 4. The van der Waals surface area contributed by atoms with Crippen molar-refractivity contribution in [3.8, 4) is 0 Å². The zero-order valence-electron chi connectivity index (χ0n) is 31.5. The summed E-state index contributed by atoms with van der Waals surface area (Å²) < 4.78 is 24.3. The van der Waals surface area contributed by atoms with E-state index in [1.54, 1.807) is 76.2 Å². The van der Waals surface area contributed by atoms with Crippen LogP contribution in [0.2, 0.25) is 0 Å². The molecule has 2 aromatic carbocycles. The molecule has 290 valence electrons. The average molecular weight is 748 g/mol. The van der Waals surface area contributed by atoms with Gasteiger partial charge in [0.05, 0.1) is 41.6 Å². The van der Waals surface area contributed by atoms with Crippen LogP contribution in [-0.4, -0.2) is 93.2 Å². The van der Waals surface area contributed by atoms with Crippen molar-refractivity contribution in [1.82, 2.24) is 5.32 Å². The Labute approximate surface area is 314 Å². The number of hydrogen-bond acceptors (Lipinski definition) is 12. The van der Waals surface area contributed by atoms with Crippen LogP contribution in [0.3, 0.4) is 0 Å². The topological polar surface area (TPSA) is 195 Å². The Kier molecular flexibility index (Phi) is 10.2. The Morgan fingerprint density at radius 1 is 0.944 bits per heavy atom. The van der Waals surface area contributed by atoms with E-state index in [0.29, 0.717) is 11.1 Å². The number of nitrogens with one attached hydrogen (secondary N) is 1. The molecular weight excluding hydrogens is 698 g/mol. The van der Waals surface area contributed by atoms with Crippen molar-refractivity contribution in [3.63, 3.8) is 0 Å². The van der Waals surface area contributed by atoms with Gasteiger partial charge >= 0.3 is 17.9 Å². The Bertz CT molecular complexity index is 1860. The third-order valence-electron chi connectivity index (χ3n) is 12.6. The second kappa shape index (κ2) is 14.0. The maximum absolute atomic E-state index is 14.9. The lowest BCUT2D eigenvalue weighted by molar-refractivity contribution is -0.346. The van der Waals surface area contributed by atoms with Gasteiger partial charge in [-0.2, -0.15) is 0 Å². The summed E-state index contributed by atoms with van der Waals surface area (Å²) in [4.78, 5) is 68.1. The SMILES string of the molecule is CC(=O)N[C@@H](c1ccccc1)[C@@H](C)C(=O)O[C@H]1C[C@@]2(O)C(OC(=O)c3ccccc3)C3[C@](C)(C(=O)[C@H](O)C(=C1C)C2(C)C)[C@@H](O)C[C@H]1OC[C@@]31OC(C)=O. The number of carbonyl (C=O) groups is 5. The van der Waals surface area contributed by atoms with E-state index in [1.807, 2.05) is 0 Å². The van der Waals surface area contributed by atoms with E-state index >= 15 is 0 Å². The molecule has 13 nitrogen and oxygen atoms in total. The molecule has 2 unspecified atom stereocenters. The normalized spacial score (nSPS) is 35.0. The lowest BCUT2D eigenvalue weighted by atomic mass is 9.44. The van der Waals surface area contributed by atoms with Crippen LogP contribution in [0, 0.1) is 22.7 Å². The maximum Gasteiger partial charge on any atom is 0.338 e. The van der Waals surface area contributed by atoms with Gasteiger partial charge in [-0.15, -0.1) is 0 Å². The molecule has 2 saturated carbocycles. The first kappa shape index (κ1) is 39.3. The van der Waals surface area contributed by atoms with Gasteiger partial charge in [-0.05, 0) is 49.6 Å². The van der Waals surface area contributed by atoms with Crippen LogP contribution in [0.1, 0.15) is 83.3 Å². The molecule has 0 radical (unpaired) electrons. The minimum atomic E-state index is -2.24. The lowest BCUT2D eigenvalue weighted by Crippen LogP contribution is -2.81. The highest BCUT2D eigenvalue weighted by molar-refractivity contribution is 5.94. The summed E-state index contributed by atoms with van der Waals surface area (Å²) in [6.45, 7) is 10.1. The predicted octanol–water partition coefficient (Wildman–Crippen LogP) is 3.15. The first-order chi connectivity index (χ1) is 25.3. The second-order valence-electron chi connectivity index (χ2n) is 16.0. The molecule has 0 aromatic heterocycles. The van der Waals surface area contributed by atoms with E-state index in [-0.39, 0.29) is 36.5 Å². The van der Waals surface area contributed by atoms with E-state index in [4.69, 9.17) is 18.9 Å². The fraction of sp³-hybridized carbons (Fsp3) is 0.537. The van der Waals surface area contributed by atoms with Crippen molar-refractivity contribution in [1.29, 1.82) is 0 Å². The largest absolute Gasteiger partial charge is 0.457 e. The zero-order valence-corrected chi connectivity index (χ0v) is 31.5. The van der Waals surface area contributed by atoms with Crippen molar-refractivity contribution in [2.75, 3.05) is 6.61 Å². The zero-order chi connectivity index (χ0) is 39.5. The molecule has 1 saturated heterocycles. The Morgan fingerprint density at radius 3 is 2.11 bits per heavy atom. The van der Waals surface area contributed by atoms with Gasteiger partial charge in [-0.3, -0.25) is 19.2 Å². The minimum Gasteiger partial charge on any atom is -0.457 e. The van der Waals surface area contributed by atoms with E-state index < -0.39 is 94.1 Å². The van der Waals surface area contributed by atoms with Crippen molar-refractivity contribution in [2.24, 2.45) is 22.7 Å². The summed E-state index contributed by atoms with van der Waals surface area (Å²) in [6.07, 6.45) is -7.86. The lowest BCUT2D eigenvalue weighted by Gasteiger charge is -2.67. The van der Waals surface area contributed by atoms with Crippen molar-refractivity contribution in [2.45, 2.75) is 109 Å². The van der Waals surface area contributed by atoms with E-state index in [2.05, 4.69) is 5.32 Å². The maximum atomic E-state index is 14.9. The number of amides is 1. The van der Waals surface area contributed by atoms with Crippen molar-refractivity contribution in [3.05, 3.63) is 82.9 Å². The minimum absolute atomic E-state index is 0.0364. The Balaban J connectivity index is 1.52.